The van der Waals surface area contributed by atoms with Crippen LogP contribution in [-0.2, 0) is 16.6 Å². The van der Waals surface area contributed by atoms with Gasteiger partial charge < -0.3 is 19.0 Å². The molecule has 0 bridgehead atoms. The number of piperazine rings is 1. The highest BCUT2D eigenvalue weighted by Gasteiger charge is 2.24. The Hall–Kier alpha value is -3.06. The van der Waals surface area contributed by atoms with Crippen molar-refractivity contribution in [2.75, 3.05) is 38.2 Å². The summed E-state index contributed by atoms with van der Waals surface area (Å²) in [5, 5.41) is 0. The van der Waals surface area contributed by atoms with Crippen LogP contribution in [0.1, 0.15) is 21.9 Å². The predicted octanol–water partition coefficient (Wildman–Crippen LogP) is 3.87. The molecule has 1 aliphatic heterocycles. The van der Waals surface area contributed by atoms with Crippen LogP contribution in [0.3, 0.4) is 0 Å². The molecule has 1 atom stereocenters. The molecule has 1 fully saturated rings. The van der Waals surface area contributed by atoms with Crippen LogP contribution >= 0.6 is 0 Å². The minimum Gasteiger partial charge on any atom is -0.497 e. The summed E-state index contributed by atoms with van der Waals surface area (Å²) in [5.74, 6) is 1.81. The lowest BCUT2D eigenvalue weighted by Gasteiger charge is -2.35. The van der Waals surface area contributed by atoms with Crippen molar-refractivity contribution >= 4 is 22.4 Å². The molecule has 1 saturated heterocycles. The fourth-order valence-electron chi connectivity index (χ4n) is 3.59. The summed E-state index contributed by atoms with van der Waals surface area (Å²) in [6.07, 6.45) is 0. The van der Waals surface area contributed by atoms with Crippen LogP contribution in [0.4, 0.5) is 5.69 Å². The fourth-order valence-corrected chi connectivity index (χ4v) is 4.61. The maximum atomic E-state index is 12.9. The smallest absolute Gasteiger partial charge is 0.289 e. The normalized spacial score (nSPS) is 15.0. The van der Waals surface area contributed by atoms with E-state index in [1.165, 1.54) is 0 Å². The second kappa shape index (κ2) is 9.39. The van der Waals surface area contributed by atoms with E-state index >= 15 is 0 Å². The molecule has 0 saturated carbocycles. The summed E-state index contributed by atoms with van der Waals surface area (Å²) in [7, 11) is 0.442. The zero-order chi connectivity index (χ0) is 21.8. The first-order chi connectivity index (χ1) is 15.0. The van der Waals surface area contributed by atoms with Crippen LogP contribution in [0.25, 0.3) is 0 Å². The average Bonchev–Trinajstić information content (AvgIpc) is 3.27. The minimum absolute atomic E-state index is 0.123. The third kappa shape index (κ3) is 4.99. The van der Waals surface area contributed by atoms with Gasteiger partial charge in [0.25, 0.3) is 5.91 Å². The van der Waals surface area contributed by atoms with Gasteiger partial charge in [0.15, 0.2) is 5.76 Å². The van der Waals surface area contributed by atoms with E-state index in [-0.39, 0.29) is 11.7 Å². The number of hydrogen-bond acceptors (Lipinski definition) is 5. The van der Waals surface area contributed by atoms with Crippen molar-refractivity contribution in [2.24, 2.45) is 0 Å². The molecular weight excluding hydrogens is 412 g/mol. The van der Waals surface area contributed by atoms with E-state index in [4.69, 9.17) is 9.15 Å². The van der Waals surface area contributed by atoms with E-state index < -0.39 is 10.8 Å². The fraction of sp³-hybridized carbons (Fsp3) is 0.292. The molecule has 4 rings (SSSR count). The van der Waals surface area contributed by atoms with Crippen molar-refractivity contribution in [3.8, 4) is 5.75 Å². The van der Waals surface area contributed by atoms with Crippen molar-refractivity contribution in [1.29, 1.82) is 0 Å². The van der Waals surface area contributed by atoms with Gasteiger partial charge >= 0.3 is 0 Å². The van der Waals surface area contributed by atoms with Crippen molar-refractivity contribution in [3.63, 3.8) is 0 Å². The minimum atomic E-state index is -1.21. The summed E-state index contributed by atoms with van der Waals surface area (Å²) < 4.78 is 23.5. The SMILES string of the molecule is COc1ccc(N2CCN(C(=O)c3ccc(CS(=O)c4ccc(C)cc4)o3)CC2)cc1. The average molecular weight is 439 g/mol. The van der Waals surface area contributed by atoms with Crippen molar-refractivity contribution in [3.05, 3.63) is 77.7 Å². The van der Waals surface area contributed by atoms with Crippen LogP contribution in [0.2, 0.25) is 0 Å². The van der Waals surface area contributed by atoms with Gasteiger partial charge in [-0.05, 0) is 55.5 Å². The number of rotatable bonds is 6. The number of amides is 1. The summed E-state index contributed by atoms with van der Waals surface area (Å²) in [6, 6.07) is 19.0. The van der Waals surface area contributed by atoms with Crippen LogP contribution in [0.15, 0.2) is 70.0 Å². The third-order valence-corrected chi connectivity index (χ3v) is 6.78. The predicted molar refractivity (Wildman–Crippen MR) is 121 cm³/mol. The van der Waals surface area contributed by atoms with E-state index in [2.05, 4.69) is 4.90 Å². The van der Waals surface area contributed by atoms with E-state index in [0.717, 1.165) is 35.0 Å². The molecule has 3 aromatic rings. The van der Waals surface area contributed by atoms with Gasteiger partial charge in [0.05, 0.1) is 23.7 Å². The quantitative estimate of drug-likeness (QED) is 0.585. The lowest BCUT2D eigenvalue weighted by Crippen LogP contribution is -2.48. The number of anilines is 1. The van der Waals surface area contributed by atoms with Gasteiger partial charge in [0, 0.05) is 36.8 Å². The Morgan fingerprint density at radius 2 is 1.65 bits per heavy atom. The maximum absolute atomic E-state index is 12.9. The molecule has 0 spiro atoms. The summed E-state index contributed by atoms with van der Waals surface area (Å²) in [4.78, 5) is 17.7. The number of methoxy groups -OCH3 is 1. The number of carbonyl (C=O) groups is 1. The Morgan fingerprint density at radius 1 is 0.968 bits per heavy atom. The van der Waals surface area contributed by atoms with Gasteiger partial charge in [-0.2, -0.15) is 0 Å². The molecule has 0 aliphatic carbocycles. The number of furan rings is 1. The van der Waals surface area contributed by atoms with E-state index in [0.29, 0.717) is 24.6 Å². The van der Waals surface area contributed by atoms with Gasteiger partial charge in [0.1, 0.15) is 11.5 Å². The Balaban J connectivity index is 1.33. The molecule has 1 aliphatic rings. The van der Waals surface area contributed by atoms with E-state index in [1.54, 1.807) is 24.1 Å². The van der Waals surface area contributed by atoms with E-state index in [1.807, 2.05) is 55.5 Å². The molecule has 2 aromatic carbocycles. The van der Waals surface area contributed by atoms with Crippen molar-refractivity contribution in [1.82, 2.24) is 4.90 Å². The third-order valence-electron chi connectivity index (χ3n) is 5.43. The van der Waals surface area contributed by atoms with E-state index in [9.17, 15) is 9.00 Å². The first-order valence-electron chi connectivity index (χ1n) is 10.3. The molecule has 6 nitrogen and oxygen atoms in total. The molecular formula is C24H26N2O4S. The number of carbonyl (C=O) groups excluding carboxylic acids is 1. The highest BCUT2D eigenvalue weighted by Crippen LogP contribution is 2.22. The summed E-state index contributed by atoms with van der Waals surface area (Å²) >= 11 is 0. The maximum Gasteiger partial charge on any atom is 0.289 e. The molecule has 2 heterocycles. The molecule has 31 heavy (non-hydrogen) atoms. The molecule has 1 unspecified atom stereocenters. The molecule has 0 radical (unpaired) electrons. The monoisotopic (exact) mass is 438 g/mol. The number of nitrogens with zero attached hydrogens (tertiary/aromatic N) is 2. The summed E-state index contributed by atoms with van der Waals surface area (Å²) in [6.45, 7) is 4.74. The molecule has 1 aromatic heterocycles. The standard InChI is InChI=1S/C24H26N2O4S/c1-18-3-10-22(11-4-18)31(28)17-21-9-12-23(30-21)24(27)26-15-13-25(14-16-26)19-5-7-20(29-2)8-6-19/h3-12H,13-17H2,1-2H3. The van der Waals surface area contributed by atoms with Crippen LogP contribution < -0.4 is 9.64 Å². The number of benzene rings is 2. The molecule has 0 N–H and O–H groups in total. The number of aryl methyl sites for hydroxylation is 1. The first kappa shape index (κ1) is 21.2. The lowest BCUT2D eigenvalue weighted by atomic mass is 10.2. The first-order valence-corrected chi connectivity index (χ1v) is 11.6. The van der Waals surface area contributed by atoms with Crippen molar-refractivity contribution in [2.45, 2.75) is 17.6 Å². The van der Waals surface area contributed by atoms with Crippen LogP contribution in [0.5, 0.6) is 5.75 Å². The highest BCUT2D eigenvalue weighted by molar-refractivity contribution is 7.84. The van der Waals surface area contributed by atoms with Gasteiger partial charge in [-0.3, -0.25) is 9.00 Å². The Morgan fingerprint density at radius 3 is 2.29 bits per heavy atom. The highest BCUT2D eigenvalue weighted by atomic mass is 32.2. The zero-order valence-corrected chi connectivity index (χ0v) is 18.6. The second-order valence-corrected chi connectivity index (χ2v) is 9.00. The van der Waals surface area contributed by atoms with Gasteiger partial charge in [-0.25, -0.2) is 0 Å². The van der Waals surface area contributed by atoms with Crippen molar-refractivity contribution < 1.29 is 18.2 Å². The Kier molecular flexibility index (Phi) is 6.42. The largest absolute Gasteiger partial charge is 0.497 e. The van der Waals surface area contributed by atoms with Gasteiger partial charge in [0.2, 0.25) is 0 Å². The molecule has 162 valence electrons. The van der Waals surface area contributed by atoms with Gasteiger partial charge in [-0.1, -0.05) is 17.7 Å². The lowest BCUT2D eigenvalue weighted by molar-refractivity contribution is 0.0713. The second-order valence-electron chi connectivity index (χ2n) is 7.55. The molecule has 1 amide bonds. The van der Waals surface area contributed by atoms with Crippen LogP contribution in [0, 0.1) is 6.92 Å². The number of ether oxygens (including phenoxy) is 1. The Bertz CT molecular complexity index is 1050. The summed E-state index contributed by atoms with van der Waals surface area (Å²) in [5.41, 5.74) is 2.24. The molecule has 7 heteroatoms. The number of hydrogen-bond donors (Lipinski definition) is 0. The zero-order valence-electron chi connectivity index (χ0n) is 17.7. The van der Waals surface area contributed by atoms with Crippen LogP contribution in [-0.4, -0.2) is 48.3 Å². The van der Waals surface area contributed by atoms with Gasteiger partial charge in [-0.15, -0.1) is 0 Å². The topological polar surface area (TPSA) is 63.0 Å². The Labute approximate surface area is 184 Å².